The second-order valence-corrected chi connectivity index (χ2v) is 4.86. The number of hydrogen-bond donors (Lipinski definition) is 4. The van der Waals surface area contributed by atoms with Crippen molar-refractivity contribution in [2.45, 2.75) is 32.6 Å². The summed E-state index contributed by atoms with van der Waals surface area (Å²) in [5.41, 5.74) is 5.16. The highest BCUT2D eigenvalue weighted by Gasteiger charge is 2.06. The van der Waals surface area contributed by atoms with Crippen LogP contribution in [-0.2, 0) is 10.2 Å². The lowest BCUT2D eigenvalue weighted by atomic mass is 10.2. The summed E-state index contributed by atoms with van der Waals surface area (Å²) in [5.74, 6) is 0.141. The average Bonchev–Trinajstić information content (AvgIpc) is 2.14. The van der Waals surface area contributed by atoms with Gasteiger partial charge in [0.15, 0.2) is 0 Å². The molecule has 0 unspecified atom stereocenters. The van der Waals surface area contributed by atoms with Crippen LogP contribution in [0.2, 0.25) is 0 Å². The van der Waals surface area contributed by atoms with Gasteiger partial charge < -0.3 is 5.73 Å². The van der Waals surface area contributed by atoms with Crippen molar-refractivity contribution in [3.63, 3.8) is 0 Å². The number of unbranched alkanes of at least 4 members (excludes halogenated alkanes) is 1. The highest BCUT2D eigenvalue weighted by Crippen LogP contribution is 1.93. The van der Waals surface area contributed by atoms with Crippen LogP contribution < -0.4 is 15.2 Å². The summed E-state index contributed by atoms with van der Waals surface area (Å²) in [6, 6.07) is 0. The highest BCUT2D eigenvalue weighted by atomic mass is 32.2. The quantitative estimate of drug-likeness (QED) is 0.255. The molecule has 0 aliphatic rings. The maximum atomic E-state index is 11.2. The van der Waals surface area contributed by atoms with Gasteiger partial charge in [0, 0.05) is 19.5 Å². The van der Waals surface area contributed by atoms with Gasteiger partial charge in [-0.3, -0.25) is 5.41 Å². The molecular formula is C8H20N4O2S. The monoisotopic (exact) mass is 236 g/mol. The molecule has 0 radical (unpaired) electrons. The molecule has 90 valence electrons. The molecule has 0 aliphatic carbocycles. The molecule has 0 bridgehead atoms. The van der Waals surface area contributed by atoms with E-state index in [0.29, 0.717) is 25.9 Å². The molecule has 0 saturated carbocycles. The fourth-order valence-electron chi connectivity index (χ4n) is 0.934. The van der Waals surface area contributed by atoms with E-state index in [1.54, 1.807) is 0 Å². The third-order valence-electron chi connectivity index (χ3n) is 1.71. The summed E-state index contributed by atoms with van der Waals surface area (Å²) < 4.78 is 27.2. The molecule has 0 fully saturated rings. The molecule has 0 amide bonds. The van der Waals surface area contributed by atoms with Gasteiger partial charge in [-0.25, -0.2) is 9.44 Å². The Bertz CT molecular complexity index is 276. The number of nitrogens with one attached hydrogen (secondary N) is 3. The normalized spacial score (nSPS) is 11.5. The van der Waals surface area contributed by atoms with Crippen molar-refractivity contribution in [3.05, 3.63) is 0 Å². The number of hydrogen-bond acceptors (Lipinski definition) is 3. The van der Waals surface area contributed by atoms with Crippen molar-refractivity contribution in [3.8, 4) is 0 Å². The van der Waals surface area contributed by atoms with Crippen LogP contribution in [0.15, 0.2) is 0 Å². The average molecular weight is 236 g/mol. The molecule has 15 heavy (non-hydrogen) atoms. The summed E-state index contributed by atoms with van der Waals surface area (Å²) in [4.78, 5) is 0. The maximum Gasteiger partial charge on any atom is 0.276 e. The molecule has 0 rings (SSSR count). The van der Waals surface area contributed by atoms with Crippen molar-refractivity contribution in [1.82, 2.24) is 9.44 Å². The molecule has 7 heteroatoms. The van der Waals surface area contributed by atoms with Gasteiger partial charge in [-0.2, -0.15) is 8.42 Å². The first kappa shape index (κ1) is 14.3. The Kier molecular flexibility index (Phi) is 7.27. The predicted molar refractivity (Wildman–Crippen MR) is 61.0 cm³/mol. The van der Waals surface area contributed by atoms with Gasteiger partial charge in [-0.05, 0) is 19.3 Å². The van der Waals surface area contributed by atoms with Crippen LogP contribution in [-0.4, -0.2) is 27.3 Å². The maximum absolute atomic E-state index is 11.2. The lowest BCUT2D eigenvalue weighted by Crippen LogP contribution is -2.37. The molecule has 0 aliphatic heterocycles. The van der Waals surface area contributed by atoms with E-state index in [1.165, 1.54) is 0 Å². The second-order valence-electron chi connectivity index (χ2n) is 3.27. The van der Waals surface area contributed by atoms with Crippen LogP contribution in [0.5, 0.6) is 0 Å². The van der Waals surface area contributed by atoms with Crippen LogP contribution in [0, 0.1) is 5.41 Å². The minimum atomic E-state index is -3.33. The Labute approximate surface area is 91.3 Å². The Morgan fingerprint density at radius 3 is 2.40 bits per heavy atom. The van der Waals surface area contributed by atoms with Crippen molar-refractivity contribution in [2.75, 3.05) is 13.1 Å². The smallest absolute Gasteiger partial charge is 0.276 e. The number of amidine groups is 1. The lowest BCUT2D eigenvalue weighted by molar-refractivity contribution is 0.562. The molecule has 0 spiro atoms. The molecular weight excluding hydrogens is 216 g/mol. The summed E-state index contributed by atoms with van der Waals surface area (Å²) >= 11 is 0. The van der Waals surface area contributed by atoms with Crippen molar-refractivity contribution >= 4 is 16.0 Å². The van der Waals surface area contributed by atoms with E-state index < -0.39 is 10.2 Å². The van der Waals surface area contributed by atoms with Crippen molar-refractivity contribution in [1.29, 1.82) is 5.41 Å². The summed E-state index contributed by atoms with van der Waals surface area (Å²) in [6.45, 7) is 2.73. The number of rotatable bonds is 9. The number of nitrogens with two attached hydrogens (primary N) is 1. The van der Waals surface area contributed by atoms with E-state index in [-0.39, 0.29) is 5.84 Å². The van der Waals surface area contributed by atoms with E-state index >= 15 is 0 Å². The third kappa shape index (κ3) is 9.64. The Balaban J connectivity index is 3.53. The SMILES string of the molecule is CCCNS(=O)(=O)NCCCCC(=N)N. The van der Waals surface area contributed by atoms with Crippen LogP contribution in [0.3, 0.4) is 0 Å². The zero-order chi connectivity index (χ0) is 11.7. The van der Waals surface area contributed by atoms with E-state index in [4.69, 9.17) is 11.1 Å². The zero-order valence-corrected chi connectivity index (χ0v) is 9.86. The Morgan fingerprint density at radius 1 is 1.27 bits per heavy atom. The zero-order valence-electron chi connectivity index (χ0n) is 9.04. The van der Waals surface area contributed by atoms with Gasteiger partial charge in [-0.1, -0.05) is 6.92 Å². The van der Waals surface area contributed by atoms with Crippen LogP contribution in [0.1, 0.15) is 32.6 Å². The molecule has 0 atom stereocenters. The highest BCUT2D eigenvalue weighted by molar-refractivity contribution is 7.87. The van der Waals surface area contributed by atoms with Gasteiger partial charge in [0.05, 0.1) is 5.84 Å². The van der Waals surface area contributed by atoms with E-state index in [1.807, 2.05) is 6.92 Å². The fraction of sp³-hybridized carbons (Fsp3) is 0.875. The third-order valence-corrected chi connectivity index (χ3v) is 2.88. The van der Waals surface area contributed by atoms with E-state index in [2.05, 4.69) is 9.44 Å². The predicted octanol–water partition coefficient (Wildman–Crippen LogP) is -0.0733. The Hall–Kier alpha value is -0.660. The lowest BCUT2D eigenvalue weighted by Gasteiger charge is -2.06. The van der Waals surface area contributed by atoms with Crippen LogP contribution in [0.4, 0.5) is 0 Å². The summed E-state index contributed by atoms with van der Waals surface area (Å²) in [7, 11) is -3.33. The van der Waals surface area contributed by atoms with Crippen LogP contribution in [0.25, 0.3) is 0 Å². The molecule has 0 aromatic heterocycles. The molecule has 5 N–H and O–H groups in total. The first-order chi connectivity index (χ1) is 6.98. The first-order valence-corrected chi connectivity index (χ1v) is 6.53. The minimum absolute atomic E-state index is 0.141. The Morgan fingerprint density at radius 2 is 1.87 bits per heavy atom. The fourth-order valence-corrected chi connectivity index (χ4v) is 1.92. The topological polar surface area (TPSA) is 108 Å². The standard InChI is InChI=1S/C8H20N4O2S/c1-2-6-11-15(13,14)12-7-4-3-5-8(9)10/h11-12H,2-7H2,1H3,(H3,9,10). The summed E-state index contributed by atoms with van der Waals surface area (Å²) in [6.07, 6.45) is 2.70. The van der Waals surface area contributed by atoms with Crippen LogP contribution >= 0.6 is 0 Å². The molecule has 0 heterocycles. The van der Waals surface area contributed by atoms with E-state index in [0.717, 1.165) is 12.8 Å². The molecule has 0 saturated heterocycles. The van der Waals surface area contributed by atoms with Crippen molar-refractivity contribution < 1.29 is 8.42 Å². The summed E-state index contributed by atoms with van der Waals surface area (Å²) in [5, 5.41) is 6.97. The van der Waals surface area contributed by atoms with Gasteiger partial charge in [-0.15, -0.1) is 0 Å². The van der Waals surface area contributed by atoms with E-state index in [9.17, 15) is 8.42 Å². The molecule has 0 aromatic rings. The largest absolute Gasteiger partial charge is 0.388 e. The van der Waals surface area contributed by atoms with Gasteiger partial charge in [0.2, 0.25) is 0 Å². The van der Waals surface area contributed by atoms with Crippen molar-refractivity contribution in [2.24, 2.45) is 5.73 Å². The second kappa shape index (κ2) is 7.61. The van der Waals surface area contributed by atoms with Gasteiger partial charge in [0.25, 0.3) is 10.2 Å². The molecule has 6 nitrogen and oxygen atoms in total. The first-order valence-electron chi connectivity index (χ1n) is 5.05. The van der Waals surface area contributed by atoms with Gasteiger partial charge >= 0.3 is 0 Å². The van der Waals surface area contributed by atoms with Gasteiger partial charge in [0.1, 0.15) is 0 Å². The minimum Gasteiger partial charge on any atom is -0.388 e. The molecule has 0 aromatic carbocycles.